The quantitative estimate of drug-likeness (QED) is 0.143. The van der Waals surface area contributed by atoms with E-state index in [0.717, 1.165) is 17.2 Å². The molecule has 1 saturated heterocycles. The van der Waals surface area contributed by atoms with Gasteiger partial charge in [0.1, 0.15) is 17.7 Å². The van der Waals surface area contributed by atoms with Gasteiger partial charge in [-0.05, 0) is 40.4 Å². The molecule has 1 aliphatic rings. The number of aliphatic carboxylic acids is 2. The van der Waals surface area contributed by atoms with Crippen LogP contribution >= 0.6 is 11.6 Å². The summed E-state index contributed by atoms with van der Waals surface area (Å²) in [5.41, 5.74) is 4.70. The minimum atomic E-state index is -3.38. The van der Waals surface area contributed by atoms with Crippen LogP contribution in [0.15, 0.2) is 59.8 Å². The van der Waals surface area contributed by atoms with Gasteiger partial charge in [0.05, 0.1) is 17.8 Å². The molecule has 5 rings (SSSR count). The molecule has 2 aromatic heterocycles. The molecule has 0 bridgehead atoms. The summed E-state index contributed by atoms with van der Waals surface area (Å²) in [6, 6.07) is 12.3. The Morgan fingerprint density at radius 2 is 1.68 bits per heavy atom. The highest BCUT2D eigenvalue weighted by molar-refractivity contribution is 7.90. The number of nitrogen functional groups attached to an aromatic ring is 1. The number of hydrogen-bond acceptors (Lipinski definition) is 11. The van der Waals surface area contributed by atoms with E-state index in [4.69, 9.17) is 26.8 Å². The van der Waals surface area contributed by atoms with Crippen LogP contribution in [0.4, 0.5) is 10.2 Å². The van der Waals surface area contributed by atoms with Crippen molar-refractivity contribution < 1.29 is 47.2 Å². The molecule has 1 aliphatic heterocycles. The fourth-order valence-electron chi connectivity index (χ4n) is 4.80. The van der Waals surface area contributed by atoms with Gasteiger partial charge in [-0.3, -0.25) is 4.57 Å². The number of alkyl halides is 1. The smallest absolute Gasteiger partial charge is 0.348 e. The molecule has 0 aliphatic carbocycles. The number of ether oxygens (including phenoxy) is 2. The largest absolute Gasteiger partial charge is 0.479 e. The third kappa shape index (κ3) is 5.81. The molecule has 4 aromatic rings. The van der Waals surface area contributed by atoms with E-state index in [1.807, 2.05) is 0 Å². The molecule has 4 atom stereocenters. The number of fused-ring (bicyclic) bond motifs is 1. The normalized spacial score (nSPS) is 20.6. The Kier molecular flexibility index (Phi) is 8.30. The van der Waals surface area contributed by atoms with Crippen molar-refractivity contribution in [2.45, 2.75) is 41.5 Å². The van der Waals surface area contributed by atoms with Gasteiger partial charge in [-0.15, -0.1) is 0 Å². The molecule has 44 heavy (non-hydrogen) atoms. The lowest BCUT2D eigenvalue weighted by atomic mass is 9.93. The molecule has 232 valence electrons. The van der Waals surface area contributed by atoms with Crippen LogP contribution in [0.1, 0.15) is 11.8 Å². The average Bonchev–Trinajstić information content (AvgIpc) is 3.51. The van der Waals surface area contributed by atoms with Crippen LogP contribution in [0.25, 0.3) is 22.3 Å². The van der Waals surface area contributed by atoms with E-state index >= 15 is 4.39 Å². The number of aliphatic hydroxyl groups excluding tert-OH is 1. The maximum atomic E-state index is 15.2. The lowest BCUT2D eigenvalue weighted by molar-refractivity contribution is -0.190. The first-order valence-corrected chi connectivity index (χ1v) is 15.1. The van der Waals surface area contributed by atoms with Gasteiger partial charge in [-0.2, -0.15) is 9.97 Å². The van der Waals surface area contributed by atoms with Crippen molar-refractivity contribution in [3.05, 3.63) is 65.7 Å². The molecule has 0 saturated carbocycles. The van der Waals surface area contributed by atoms with Crippen molar-refractivity contribution >= 4 is 50.4 Å². The number of benzene rings is 2. The van der Waals surface area contributed by atoms with Gasteiger partial charge in [0.15, 0.2) is 33.7 Å². The zero-order valence-corrected chi connectivity index (χ0v) is 24.3. The standard InChI is InChI=1S/C27H25ClFN5O9S/c1-44(40,41)16-8-6-15(7-9-16)14-4-2-13(3-5-14)10-27(24(36)37,25(38)39)42-11-17-20(35)18(29)23(43-17)34-12-31-19-21(30)32-26(28)33-22(19)34/h2-9,12,17-18,20,23,35H,10-11H2,1H3,(H,36,37)(H,38,39)(H2,30,32,33)/t17-,18+,20-,23-/m1/s1. The molecule has 0 amide bonds. The number of nitrogens with two attached hydrogens (primary N) is 1. The molecule has 14 nitrogen and oxygen atoms in total. The van der Waals surface area contributed by atoms with Crippen LogP contribution in [0.5, 0.6) is 0 Å². The van der Waals surface area contributed by atoms with E-state index in [9.17, 15) is 33.3 Å². The van der Waals surface area contributed by atoms with Gasteiger partial charge in [0.25, 0.3) is 5.60 Å². The number of carboxylic acid groups (broad SMARTS) is 2. The van der Waals surface area contributed by atoms with Crippen LogP contribution < -0.4 is 5.73 Å². The molecule has 1 fully saturated rings. The zero-order valence-electron chi connectivity index (χ0n) is 22.7. The number of hydrogen-bond donors (Lipinski definition) is 4. The second kappa shape index (κ2) is 11.7. The number of sulfone groups is 1. The lowest BCUT2D eigenvalue weighted by Crippen LogP contribution is -2.52. The number of nitrogens with zero attached hydrogens (tertiary/aromatic N) is 4. The van der Waals surface area contributed by atoms with E-state index in [-0.39, 0.29) is 32.7 Å². The highest BCUT2D eigenvalue weighted by atomic mass is 35.5. The molecular formula is C27H25ClFN5O9S. The minimum absolute atomic E-state index is 0.0177. The van der Waals surface area contributed by atoms with E-state index in [0.29, 0.717) is 11.1 Å². The number of rotatable bonds is 10. The van der Waals surface area contributed by atoms with Gasteiger partial charge >= 0.3 is 11.9 Å². The number of anilines is 1. The van der Waals surface area contributed by atoms with Gasteiger partial charge < -0.3 is 30.5 Å². The number of imidazole rings is 1. The van der Waals surface area contributed by atoms with Crippen LogP contribution in [0.2, 0.25) is 5.28 Å². The Morgan fingerprint density at radius 1 is 1.09 bits per heavy atom. The van der Waals surface area contributed by atoms with Crippen molar-refractivity contribution in [2.24, 2.45) is 0 Å². The Morgan fingerprint density at radius 3 is 2.25 bits per heavy atom. The summed E-state index contributed by atoms with van der Waals surface area (Å²) in [5, 5.41) is 30.2. The Balaban J connectivity index is 1.33. The maximum Gasteiger partial charge on any atom is 0.348 e. The number of aromatic nitrogens is 4. The van der Waals surface area contributed by atoms with Crippen molar-refractivity contribution in [3.63, 3.8) is 0 Å². The summed E-state index contributed by atoms with van der Waals surface area (Å²) in [4.78, 5) is 36.5. The van der Waals surface area contributed by atoms with Gasteiger partial charge in [0, 0.05) is 12.7 Å². The third-order valence-corrected chi connectivity index (χ3v) is 8.49. The summed E-state index contributed by atoms with van der Waals surface area (Å²) >= 11 is 5.86. The van der Waals surface area contributed by atoms with Gasteiger partial charge in [-0.1, -0.05) is 36.4 Å². The Labute approximate surface area is 253 Å². The topological polar surface area (TPSA) is 217 Å². The summed E-state index contributed by atoms with van der Waals surface area (Å²) in [6.45, 7) is -0.800. The van der Waals surface area contributed by atoms with Crippen molar-refractivity contribution in [1.82, 2.24) is 19.5 Å². The van der Waals surface area contributed by atoms with Gasteiger partial charge in [-0.25, -0.2) is 27.4 Å². The SMILES string of the molecule is CS(=O)(=O)c1ccc(-c2ccc(CC(OC[C@H]3O[C@@H](n4cnc5c(N)nc(Cl)nc54)[C@@H](F)[C@@H]3O)(C(=O)O)C(=O)O)cc2)cc1. The summed E-state index contributed by atoms with van der Waals surface area (Å²) < 4.78 is 50.8. The van der Waals surface area contributed by atoms with Crippen LogP contribution in [-0.2, 0) is 35.3 Å². The lowest BCUT2D eigenvalue weighted by Gasteiger charge is -2.27. The predicted octanol–water partition coefficient (Wildman–Crippen LogP) is 1.90. The van der Waals surface area contributed by atoms with Crippen LogP contribution in [0, 0.1) is 0 Å². The number of aliphatic hydroxyl groups is 1. The molecular weight excluding hydrogens is 625 g/mol. The molecule has 3 heterocycles. The average molecular weight is 650 g/mol. The van der Waals surface area contributed by atoms with E-state index in [1.165, 1.54) is 24.3 Å². The van der Waals surface area contributed by atoms with E-state index in [2.05, 4.69) is 15.0 Å². The second-order valence-electron chi connectivity index (χ2n) is 10.1. The fraction of sp³-hybridized carbons (Fsp3) is 0.296. The number of carboxylic acids is 2. The summed E-state index contributed by atoms with van der Waals surface area (Å²) in [7, 11) is -3.38. The maximum absolute atomic E-state index is 15.2. The van der Waals surface area contributed by atoms with E-state index in [1.54, 1.807) is 24.3 Å². The summed E-state index contributed by atoms with van der Waals surface area (Å²) in [5.74, 6) is -3.72. The second-order valence-corrected chi connectivity index (χ2v) is 12.5. The Hall–Kier alpha value is -4.22. The monoisotopic (exact) mass is 649 g/mol. The highest BCUT2D eigenvalue weighted by Gasteiger charge is 2.52. The Bertz CT molecular complexity index is 1820. The molecule has 0 spiro atoms. The zero-order chi connectivity index (χ0) is 32.0. The fourth-order valence-corrected chi connectivity index (χ4v) is 5.60. The van der Waals surface area contributed by atoms with Crippen molar-refractivity contribution in [1.29, 1.82) is 0 Å². The third-order valence-electron chi connectivity index (χ3n) is 7.20. The van der Waals surface area contributed by atoms with Crippen LogP contribution in [0.3, 0.4) is 0 Å². The molecule has 2 aromatic carbocycles. The van der Waals surface area contributed by atoms with Crippen LogP contribution in [-0.4, -0.2) is 92.0 Å². The summed E-state index contributed by atoms with van der Waals surface area (Å²) in [6.07, 6.45) is -5.26. The predicted molar refractivity (Wildman–Crippen MR) is 152 cm³/mol. The van der Waals surface area contributed by atoms with E-state index < -0.39 is 65.0 Å². The first-order valence-electron chi connectivity index (χ1n) is 12.8. The molecule has 17 heteroatoms. The number of halogens is 2. The first kappa shape index (κ1) is 31.2. The van der Waals surface area contributed by atoms with Crippen molar-refractivity contribution in [3.8, 4) is 11.1 Å². The van der Waals surface area contributed by atoms with Crippen molar-refractivity contribution in [2.75, 3.05) is 18.6 Å². The molecule has 0 radical (unpaired) electrons. The molecule has 0 unspecified atom stereocenters. The highest BCUT2D eigenvalue weighted by Crippen LogP contribution is 2.35. The minimum Gasteiger partial charge on any atom is -0.479 e. The number of carbonyl (C=O) groups is 2. The molecule has 5 N–H and O–H groups in total. The first-order chi connectivity index (χ1) is 20.7. The van der Waals surface area contributed by atoms with Gasteiger partial charge in [0.2, 0.25) is 5.28 Å².